The van der Waals surface area contributed by atoms with Crippen LogP contribution in [0.2, 0.25) is 0 Å². The van der Waals surface area contributed by atoms with E-state index in [0.29, 0.717) is 0 Å². The van der Waals surface area contributed by atoms with Crippen molar-refractivity contribution in [3.63, 3.8) is 0 Å². The molecule has 0 saturated heterocycles. The number of hydrogen-bond donors (Lipinski definition) is 3. The molecule has 1 rings (SSSR count). The molecule has 1 aromatic heterocycles. The number of carbonyl (C=O) groups is 3. The summed E-state index contributed by atoms with van der Waals surface area (Å²) in [6.07, 6.45) is 1.17. The molecule has 0 aliphatic heterocycles. The van der Waals surface area contributed by atoms with Gasteiger partial charge in [0.1, 0.15) is 11.6 Å². The van der Waals surface area contributed by atoms with Crippen molar-refractivity contribution in [2.45, 2.75) is 13.0 Å². The van der Waals surface area contributed by atoms with Gasteiger partial charge in [-0.2, -0.15) is 5.10 Å². The van der Waals surface area contributed by atoms with Gasteiger partial charge in [-0.25, -0.2) is 4.79 Å². The monoisotopic (exact) mass is 241 g/mol. The van der Waals surface area contributed by atoms with Gasteiger partial charge in [-0.05, 0) is 6.92 Å². The minimum atomic E-state index is -1.30. The first-order chi connectivity index (χ1) is 7.82. The van der Waals surface area contributed by atoms with Crippen LogP contribution in [0.15, 0.2) is 6.20 Å². The number of aliphatic carboxylic acids is 1. The van der Waals surface area contributed by atoms with Gasteiger partial charge < -0.3 is 15.5 Å². The summed E-state index contributed by atoms with van der Waals surface area (Å²) in [5.41, 5.74) is -0.587. The summed E-state index contributed by atoms with van der Waals surface area (Å²) in [4.78, 5) is 32.9. The molecule has 1 aromatic rings. The number of aromatic carboxylic acids is 1. The minimum Gasteiger partial charge on any atom is -0.480 e. The Morgan fingerprint density at radius 2 is 2.00 bits per heavy atom. The molecule has 8 heteroatoms. The average Bonchev–Trinajstić information content (AvgIpc) is 2.60. The zero-order valence-corrected chi connectivity index (χ0v) is 9.17. The van der Waals surface area contributed by atoms with Gasteiger partial charge in [-0.1, -0.05) is 0 Å². The first-order valence-electron chi connectivity index (χ1n) is 4.63. The van der Waals surface area contributed by atoms with Crippen molar-refractivity contribution in [1.82, 2.24) is 15.1 Å². The van der Waals surface area contributed by atoms with Gasteiger partial charge in [-0.15, -0.1) is 0 Å². The maximum atomic E-state index is 11.6. The van der Waals surface area contributed by atoms with Crippen LogP contribution in [-0.4, -0.2) is 43.9 Å². The van der Waals surface area contributed by atoms with Crippen molar-refractivity contribution in [3.8, 4) is 0 Å². The van der Waals surface area contributed by atoms with Crippen LogP contribution in [0.25, 0.3) is 0 Å². The predicted molar refractivity (Wildman–Crippen MR) is 54.7 cm³/mol. The van der Waals surface area contributed by atoms with Crippen molar-refractivity contribution >= 4 is 17.8 Å². The van der Waals surface area contributed by atoms with E-state index in [2.05, 4.69) is 10.4 Å². The molecule has 0 unspecified atom stereocenters. The maximum absolute atomic E-state index is 11.6. The molecule has 0 fully saturated rings. The second-order valence-corrected chi connectivity index (χ2v) is 3.40. The van der Waals surface area contributed by atoms with Crippen LogP contribution >= 0.6 is 0 Å². The highest BCUT2D eigenvalue weighted by Crippen LogP contribution is 2.06. The molecule has 0 spiro atoms. The number of carbonyl (C=O) groups excluding carboxylic acids is 1. The summed E-state index contributed by atoms with van der Waals surface area (Å²) < 4.78 is 1.17. The van der Waals surface area contributed by atoms with E-state index in [-0.39, 0.29) is 11.3 Å². The highest BCUT2D eigenvalue weighted by atomic mass is 16.4. The minimum absolute atomic E-state index is 0.275. The molecular formula is C9H11N3O5. The number of nitrogens with one attached hydrogen (secondary N) is 1. The first-order valence-corrected chi connectivity index (χ1v) is 4.63. The third kappa shape index (κ3) is 2.80. The Hall–Kier alpha value is -2.38. The molecule has 1 heterocycles. The third-order valence-corrected chi connectivity index (χ3v) is 1.99. The Morgan fingerprint density at radius 3 is 2.47 bits per heavy atom. The first kappa shape index (κ1) is 12.7. The van der Waals surface area contributed by atoms with Gasteiger partial charge in [-0.3, -0.25) is 14.3 Å². The van der Waals surface area contributed by atoms with Gasteiger partial charge in [0.15, 0.2) is 5.69 Å². The van der Waals surface area contributed by atoms with E-state index in [1.165, 1.54) is 24.9 Å². The van der Waals surface area contributed by atoms with Crippen LogP contribution in [0.5, 0.6) is 0 Å². The van der Waals surface area contributed by atoms with Crippen LogP contribution in [0.4, 0.5) is 0 Å². The lowest BCUT2D eigenvalue weighted by molar-refractivity contribution is -0.138. The summed E-state index contributed by atoms with van der Waals surface area (Å²) in [7, 11) is 1.46. The second kappa shape index (κ2) is 4.64. The van der Waals surface area contributed by atoms with Crippen molar-refractivity contribution in [2.75, 3.05) is 0 Å². The summed E-state index contributed by atoms with van der Waals surface area (Å²) in [5.74, 6) is -3.35. The highest BCUT2D eigenvalue weighted by molar-refractivity contribution is 6.04. The summed E-state index contributed by atoms with van der Waals surface area (Å²) in [6.45, 7) is 1.27. The molecule has 92 valence electrons. The van der Waals surface area contributed by atoms with E-state index in [9.17, 15) is 14.4 Å². The van der Waals surface area contributed by atoms with Gasteiger partial charge in [0, 0.05) is 13.2 Å². The molecule has 0 aromatic carbocycles. The lowest BCUT2D eigenvalue weighted by Crippen LogP contribution is -2.39. The molecule has 1 amide bonds. The standard InChI is InChI=1S/C9H11N3O5/c1-4(8(14)15)10-7(13)6-5(9(16)17)3-12(2)11-6/h3-4H,1-2H3,(H,10,13)(H,14,15)(H,16,17)/t4-/m0/s1. The molecule has 0 aliphatic rings. The molecule has 0 aliphatic carbocycles. The van der Waals surface area contributed by atoms with Crippen molar-refractivity contribution < 1.29 is 24.6 Å². The van der Waals surface area contributed by atoms with E-state index in [1.54, 1.807) is 0 Å². The smallest absolute Gasteiger partial charge is 0.339 e. The number of hydrogen-bond acceptors (Lipinski definition) is 4. The van der Waals surface area contributed by atoms with E-state index in [1.807, 2.05) is 0 Å². The average molecular weight is 241 g/mol. The second-order valence-electron chi connectivity index (χ2n) is 3.40. The Balaban J connectivity index is 2.96. The van der Waals surface area contributed by atoms with Crippen molar-refractivity contribution in [3.05, 3.63) is 17.5 Å². The van der Waals surface area contributed by atoms with Crippen LogP contribution < -0.4 is 5.32 Å². The van der Waals surface area contributed by atoms with Crippen LogP contribution in [0.1, 0.15) is 27.8 Å². The predicted octanol–water partition coefficient (Wildman–Crippen LogP) is -0.679. The van der Waals surface area contributed by atoms with Gasteiger partial charge in [0.25, 0.3) is 5.91 Å². The third-order valence-electron chi connectivity index (χ3n) is 1.99. The van der Waals surface area contributed by atoms with E-state index in [0.717, 1.165) is 0 Å². The number of carboxylic acid groups (broad SMARTS) is 2. The molecule has 0 radical (unpaired) electrons. The number of amides is 1. The van der Waals surface area contributed by atoms with Gasteiger partial charge in [0.05, 0.1) is 0 Å². The number of carboxylic acids is 2. The van der Waals surface area contributed by atoms with Crippen LogP contribution in [0.3, 0.4) is 0 Å². The summed E-state index contributed by atoms with van der Waals surface area (Å²) in [5, 5.41) is 23.2. The molecule has 0 saturated carbocycles. The molecule has 3 N–H and O–H groups in total. The molecular weight excluding hydrogens is 230 g/mol. The zero-order valence-electron chi connectivity index (χ0n) is 9.17. The van der Waals surface area contributed by atoms with Gasteiger partial charge in [0.2, 0.25) is 0 Å². The Kier molecular flexibility index (Phi) is 3.46. The lowest BCUT2D eigenvalue weighted by Gasteiger charge is -2.07. The summed E-state index contributed by atoms with van der Waals surface area (Å²) in [6, 6.07) is -1.12. The number of nitrogens with zero attached hydrogens (tertiary/aromatic N) is 2. The Morgan fingerprint density at radius 1 is 1.41 bits per heavy atom. The quantitative estimate of drug-likeness (QED) is 0.642. The number of aryl methyl sites for hydroxylation is 1. The van der Waals surface area contributed by atoms with Crippen molar-refractivity contribution in [2.24, 2.45) is 7.05 Å². The van der Waals surface area contributed by atoms with E-state index in [4.69, 9.17) is 10.2 Å². The van der Waals surface area contributed by atoms with Crippen LogP contribution in [0, 0.1) is 0 Å². The molecule has 0 bridgehead atoms. The zero-order chi connectivity index (χ0) is 13.2. The fraction of sp³-hybridized carbons (Fsp3) is 0.333. The molecule has 17 heavy (non-hydrogen) atoms. The fourth-order valence-electron chi connectivity index (χ4n) is 1.14. The normalized spacial score (nSPS) is 11.9. The van der Waals surface area contributed by atoms with Crippen molar-refractivity contribution in [1.29, 1.82) is 0 Å². The number of aromatic nitrogens is 2. The molecule has 8 nitrogen and oxygen atoms in total. The maximum Gasteiger partial charge on any atom is 0.339 e. The topological polar surface area (TPSA) is 122 Å². The van der Waals surface area contributed by atoms with Gasteiger partial charge >= 0.3 is 11.9 Å². The summed E-state index contributed by atoms with van der Waals surface area (Å²) >= 11 is 0. The lowest BCUT2D eigenvalue weighted by atomic mass is 10.2. The largest absolute Gasteiger partial charge is 0.480 e. The number of rotatable bonds is 4. The van der Waals surface area contributed by atoms with E-state index >= 15 is 0 Å². The van der Waals surface area contributed by atoms with Crippen LogP contribution in [-0.2, 0) is 11.8 Å². The SMILES string of the molecule is C[C@H](NC(=O)c1nn(C)cc1C(=O)O)C(=O)O. The Labute approximate surface area is 95.9 Å². The highest BCUT2D eigenvalue weighted by Gasteiger charge is 2.23. The Bertz CT molecular complexity index is 479. The fourth-order valence-corrected chi connectivity index (χ4v) is 1.14. The van der Waals surface area contributed by atoms with E-state index < -0.39 is 23.9 Å². The molecule has 1 atom stereocenters.